The predicted octanol–water partition coefficient (Wildman–Crippen LogP) is 3.40. The zero-order valence-corrected chi connectivity index (χ0v) is 16.6. The molecule has 0 aliphatic carbocycles. The summed E-state index contributed by atoms with van der Waals surface area (Å²) in [4.78, 5) is 25.0. The second-order valence-electron chi connectivity index (χ2n) is 7.61. The lowest BCUT2D eigenvalue weighted by Crippen LogP contribution is -2.23. The molecule has 0 atom stereocenters. The van der Waals surface area contributed by atoms with Crippen LogP contribution in [-0.4, -0.2) is 32.1 Å². The highest BCUT2D eigenvalue weighted by molar-refractivity contribution is 6.05. The summed E-state index contributed by atoms with van der Waals surface area (Å²) in [6.07, 6.45) is 0. The Morgan fingerprint density at radius 3 is 2.53 bits per heavy atom. The highest BCUT2D eigenvalue weighted by Gasteiger charge is 2.14. The number of ether oxygens (including phenoxy) is 1. The molecule has 2 aromatic carbocycles. The summed E-state index contributed by atoms with van der Waals surface area (Å²) in [5, 5.41) is 16.5. The first kappa shape index (κ1) is 19.3. The Hall–Kier alpha value is -4.01. The number of nitrogens with one attached hydrogen (secondary N) is 2. The molecule has 0 radical (unpaired) electrons. The molecule has 152 valence electrons. The number of tetrazole rings is 1. The zero-order valence-electron chi connectivity index (χ0n) is 16.6. The normalized spacial score (nSPS) is 11.4. The molecule has 9 heteroatoms. The van der Waals surface area contributed by atoms with Crippen LogP contribution in [0, 0.1) is 0 Å². The number of hydrogen-bond donors (Lipinski definition) is 2. The van der Waals surface area contributed by atoms with Gasteiger partial charge < -0.3 is 14.5 Å². The van der Waals surface area contributed by atoms with E-state index in [-0.39, 0.29) is 28.5 Å². The average Bonchev–Trinajstić information content (AvgIpc) is 3.22. The lowest BCUT2D eigenvalue weighted by Gasteiger charge is -2.21. The van der Waals surface area contributed by atoms with Crippen LogP contribution in [0.5, 0.6) is 5.75 Å². The maximum absolute atomic E-state index is 12.6. The Labute approximate surface area is 171 Å². The minimum atomic E-state index is -0.320. The van der Waals surface area contributed by atoms with Gasteiger partial charge in [0.15, 0.2) is 11.2 Å². The number of anilines is 1. The molecule has 4 aromatic rings. The maximum Gasteiger partial charge on any atom is 0.255 e. The van der Waals surface area contributed by atoms with Crippen LogP contribution in [0.1, 0.15) is 31.1 Å². The Balaban J connectivity index is 1.55. The second kappa shape index (κ2) is 7.43. The van der Waals surface area contributed by atoms with Crippen molar-refractivity contribution in [3.63, 3.8) is 0 Å². The molecular weight excluding hydrogens is 386 g/mol. The number of benzene rings is 2. The Morgan fingerprint density at radius 1 is 1.10 bits per heavy atom. The van der Waals surface area contributed by atoms with Crippen molar-refractivity contribution in [2.75, 3.05) is 5.32 Å². The highest BCUT2D eigenvalue weighted by atomic mass is 16.5. The van der Waals surface area contributed by atoms with Crippen molar-refractivity contribution >= 4 is 22.6 Å². The first-order valence-corrected chi connectivity index (χ1v) is 9.21. The number of carbonyl (C=O) groups is 1. The van der Waals surface area contributed by atoms with Crippen molar-refractivity contribution in [3.8, 4) is 17.3 Å². The number of aromatic amines is 1. The maximum atomic E-state index is 12.6. The number of H-pyrrole nitrogens is 1. The van der Waals surface area contributed by atoms with Gasteiger partial charge in [-0.15, -0.1) is 10.2 Å². The van der Waals surface area contributed by atoms with Crippen LogP contribution in [0.4, 0.5) is 5.69 Å². The molecule has 0 aliphatic heterocycles. The van der Waals surface area contributed by atoms with E-state index in [9.17, 15) is 9.59 Å². The molecule has 0 aliphatic rings. The number of fused-ring (bicyclic) bond motifs is 1. The smallest absolute Gasteiger partial charge is 0.255 e. The van der Waals surface area contributed by atoms with Crippen LogP contribution >= 0.6 is 0 Å². The van der Waals surface area contributed by atoms with Crippen LogP contribution in [-0.2, 0) is 0 Å². The zero-order chi connectivity index (χ0) is 21.3. The van der Waals surface area contributed by atoms with Crippen molar-refractivity contribution in [3.05, 3.63) is 64.3 Å². The van der Waals surface area contributed by atoms with E-state index in [0.717, 1.165) is 0 Å². The molecule has 30 heavy (non-hydrogen) atoms. The Kier molecular flexibility index (Phi) is 4.78. The lowest BCUT2D eigenvalue weighted by atomic mass is 10.1. The van der Waals surface area contributed by atoms with Crippen molar-refractivity contribution in [1.82, 2.24) is 20.6 Å². The van der Waals surface area contributed by atoms with Gasteiger partial charge in [-0.1, -0.05) is 0 Å². The van der Waals surface area contributed by atoms with Gasteiger partial charge in [0.25, 0.3) is 5.91 Å². The molecule has 2 N–H and O–H groups in total. The van der Waals surface area contributed by atoms with E-state index in [4.69, 9.17) is 9.15 Å². The molecule has 0 unspecified atom stereocenters. The van der Waals surface area contributed by atoms with Crippen LogP contribution < -0.4 is 15.5 Å². The number of rotatable bonds is 4. The number of nitrogens with zero attached hydrogens (tertiary/aromatic N) is 3. The van der Waals surface area contributed by atoms with Crippen LogP contribution in [0.25, 0.3) is 22.6 Å². The molecule has 0 saturated heterocycles. The first-order chi connectivity index (χ1) is 14.3. The third-order valence-corrected chi connectivity index (χ3v) is 4.09. The topological polar surface area (TPSA) is 123 Å². The van der Waals surface area contributed by atoms with Crippen molar-refractivity contribution in [2.45, 2.75) is 26.4 Å². The van der Waals surface area contributed by atoms with Crippen molar-refractivity contribution < 1.29 is 13.9 Å². The minimum Gasteiger partial charge on any atom is -0.488 e. The van der Waals surface area contributed by atoms with Gasteiger partial charge in [0, 0.05) is 17.3 Å². The largest absolute Gasteiger partial charge is 0.488 e. The van der Waals surface area contributed by atoms with Gasteiger partial charge >= 0.3 is 0 Å². The molecule has 0 fully saturated rings. The predicted molar refractivity (Wildman–Crippen MR) is 110 cm³/mol. The Morgan fingerprint density at radius 2 is 1.87 bits per heavy atom. The van der Waals surface area contributed by atoms with E-state index in [0.29, 0.717) is 28.0 Å². The van der Waals surface area contributed by atoms with Gasteiger partial charge in [-0.3, -0.25) is 9.59 Å². The summed E-state index contributed by atoms with van der Waals surface area (Å²) >= 11 is 0. The second-order valence-corrected chi connectivity index (χ2v) is 7.61. The van der Waals surface area contributed by atoms with E-state index in [1.807, 2.05) is 20.8 Å². The molecule has 9 nitrogen and oxygen atoms in total. The van der Waals surface area contributed by atoms with Gasteiger partial charge in [0.05, 0.1) is 5.39 Å². The monoisotopic (exact) mass is 405 g/mol. The highest BCUT2D eigenvalue weighted by Crippen LogP contribution is 2.22. The molecule has 0 saturated carbocycles. The SMILES string of the molecule is CC(C)(C)Oc1ccc(C(=O)Nc2ccc3oc(-c4nn[nH]n4)cc(=O)c3c2)cc1. The van der Waals surface area contributed by atoms with Gasteiger partial charge in [0.2, 0.25) is 5.82 Å². The van der Waals surface area contributed by atoms with Gasteiger partial charge in [-0.25, -0.2) is 0 Å². The number of amides is 1. The van der Waals surface area contributed by atoms with Gasteiger partial charge in [0.1, 0.15) is 16.9 Å². The molecule has 0 bridgehead atoms. The van der Waals surface area contributed by atoms with Gasteiger partial charge in [-0.2, -0.15) is 5.21 Å². The van der Waals surface area contributed by atoms with E-state index in [1.54, 1.807) is 42.5 Å². The van der Waals surface area contributed by atoms with Crippen molar-refractivity contribution in [1.29, 1.82) is 0 Å². The summed E-state index contributed by atoms with van der Waals surface area (Å²) < 4.78 is 11.4. The van der Waals surface area contributed by atoms with Crippen LogP contribution in [0.2, 0.25) is 0 Å². The third kappa shape index (κ3) is 4.19. The fourth-order valence-electron chi connectivity index (χ4n) is 2.84. The van der Waals surface area contributed by atoms with E-state index in [2.05, 4.69) is 25.9 Å². The molecule has 1 amide bonds. The third-order valence-electron chi connectivity index (χ3n) is 4.09. The lowest BCUT2D eigenvalue weighted by molar-refractivity contribution is 0.102. The molecule has 0 spiro atoms. The van der Waals surface area contributed by atoms with E-state index in [1.165, 1.54) is 6.07 Å². The van der Waals surface area contributed by atoms with Crippen LogP contribution in [0.3, 0.4) is 0 Å². The molecule has 4 rings (SSSR count). The van der Waals surface area contributed by atoms with E-state index < -0.39 is 0 Å². The molecule has 2 heterocycles. The first-order valence-electron chi connectivity index (χ1n) is 9.21. The van der Waals surface area contributed by atoms with Crippen molar-refractivity contribution in [2.24, 2.45) is 0 Å². The quantitative estimate of drug-likeness (QED) is 0.533. The average molecular weight is 405 g/mol. The minimum absolute atomic E-state index is 0.185. The fourth-order valence-corrected chi connectivity index (χ4v) is 2.84. The standard InChI is InChI=1S/C21H19N5O4/c1-21(2,3)30-14-7-4-12(5-8-14)20(28)22-13-6-9-17-15(10-13)16(27)11-18(29-17)19-23-25-26-24-19/h4-11H,1-3H3,(H,22,28)(H,23,24,25,26). The Bertz CT molecular complexity index is 1260. The fraction of sp³-hybridized carbons (Fsp3) is 0.190. The summed E-state index contributed by atoms with van der Waals surface area (Å²) in [5.74, 6) is 0.769. The van der Waals surface area contributed by atoms with E-state index >= 15 is 0 Å². The van der Waals surface area contributed by atoms with Crippen LogP contribution in [0.15, 0.2) is 57.7 Å². The number of aromatic nitrogens is 4. The molecular formula is C21H19N5O4. The number of carbonyl (C=O) groups excluding carboxylic acids is 1. The summed E-state index contributed by atoms with van der Waals surface area (Å²) in [6.45, 7) is 5.86. The number of hydrogen-bond acceptors (Lipinski definition) is 7. The van der Waals surface area contributed by atoms with Gasteiger partial charge in [-0.05, 0) is 68.4 Å². The summed E-state index contributed by atoms with van der Waals surface area (Å²) in [6, 6.07) is 13.0. The summed E-state index contributed by atoms with van der Waals surface area (Å²) in [5.41, 5.74) is 0.692. The molecule has 2 aromatic heterocycles. The summed E-state index contributed by atoms with van der Waals surface area (Å²) in [7, 11) is 0.